The third-order valence-electron chi connectivity index (χ3n) is 4.66. The molecular weight excluding hydrogens is 384 g/mol. The van der Waals surface area contributed by atoms with Gasteiger partial charge in [-0.25, -0.2) is 0 Å². The van der Waals surface area contributed by atoms with Crippen molar-refractivity contribution in [1.29, 1.82) is 0 Å². The average Bonchev–Trinajstić information content (AvgIpc) is 3.11. The Kier molecular flexibility index (Phi) is 5.49. The molecule has 0 amide bonds. The van der Waals surface area contributed by atoms with E-state index in [1.54, 1.807) is 18.4 Å². The predicted molar refractivity (Wildman–Crippen MR) is 116 cm³/mol. The van der Waals surface area contributed by atoms with E-state index in [0.717, 1.165) is 43.3 Å². The fraction of sp³-hybridized carbons (Fsp3) is 0.125. The summed E-state index contributed by atoms with van der Waals surface area (Å²) in [6.45, 7) is 0. The Hall–Kier alpha value is -3.31. The highest BCUT2D eigenvalue weighted by Crippen LogP contribution is 2.47. The van der Waals surface area contributed by atoms with Crippen molar-refractivity contribution >= 4 is 27.4 Å². The summed E-state index contributed by atoms with van der Waals surface area (Å²) in [6, 6.07) is 23.8. The van der Waals surface area contributed by atoms with E-state index >= 15 is 0 Å². The van der Waals surface area contributed by atoms with Gasteiger partial charge in [0.1, 0.15) is 11.5 Å². The highest BCUT2D eigenvalue weighted by Gasteiger charge is 2.17. The molecule has 0 saturated heterocycles. The van der Waals surface area contributed by atoms with Gasteiger partial charge in [-0.1, -0.05) is 42.5 Å². The summed E-state index contributed by atoms with van der Waals surface area (Å²) in [5.74, 6) is 1.56. The van der Waals surface area contributed by atoms with Crippen molar-refractivity contribution in [2.75, 3.05) is 7.11 Å². The summed E-state index contributed by atoms with van der Waals surface area (Å²) < 4.78 is 12.8. The summed E-state index contributed by atoms with van der Waals surface area (Å²) >= 11 is 1.67. The fourth-order valence-corrected chi connectivity index (χ4v) is 4.32. The minimum Gasteiger partial charge on any atom is -0.497 e. The van der Waals surface area contributed by atoms with Crippen LogP contribution in [0.1, 0.15) is 12.0 Å². The molecule has 0 aliphatic rings. The first-order valence-electron chi connectivity index (χ1n) is 9.28. The molecule has 4 nitrogen and oxygen atoms in total. The van der Waals surface area contributed by atoms with Crippen molar-refractivity contribution in [2.45, 2.75) is 12.8 Å². The first-order valence-corrected chi connectivity index (χ1v) is 10.1. The van der Waals surface area contributed by atoms with Gasteiger partial charge < -0.3 is 14.6 Å². The number of carboxylic acids is 1. The van der Waals surface area contributed by atoms with Gasteiger partial charge in [0.25, 0.3) is 0 Å². The summed E-state index contributed by atoms with van der Waals surface area (Å²) in [7, 11) is 1.66. The number of benzene rings is 3. The zero-order valence-corrected chi connectivity index (χ0v) is 16.7. The van der Waals surface area contributed by atoms with Crippen molar-refractivity contribution in [3.8, 4) is 27.7 Å². The molecule has 0 spiro atoms. The first-order chi connectivity index (χ1) is 14.1. The van der Waals surface area contributed by atoms with E-state index in [1.807, 2.05) is 60.7 Å². The molecule has 5 heteroatoms. The minimum atomic E-state index is -0.794. The van der Waals surface area contributed by atoms with Gasteiger partial charge in [0.05, 0.1) is 12.0 Å². The minimum absolute atomic E-state index is 0.120. The number of carbonyl (C=O) groups is 1. The molecular formula is C24H20O4S. The first kappa shape index (κ1) is 19.0. The van der Waals surface area contributed by atoms with Crippen LogP contribution in [0.25, 0.3) is 20.5 Å². The van der Waals surface area contributed by atoms with Gasteiger partial charge in [-0.3, -0.25) is 4.79 Å². The zero-order valence-electron chi connectivity index (χ0n) is 15.9. The summed E-state index contributed by atoms with van der Waals surface area (Å²) in [6.07, 6.45) is 0.626. The molecule has 0 radical (unpaired) electrons. The zero-order chi connectivity index (χ0) is 20.2. The van der Waals surface area contributed by atoms with E-state index in [9.17, 15) is 4.79 Å². The maximum Gasteiger partial charge on any atom is 0.303 e. The van der Waals surface area contributed by atoms with Crippen LogP contribution in [0.3, 0.4) is 0 Å². The van der Waals surface area contributed by atoms with Crippen LogP contribution in [0.5, 0.6) is 17.2 Å². The van der Waals surface area contributed by atoms with Gasteiger partial charge in [-0.15, -0.1) is 11.3 Å². The number of rotatable bonds is 7. The Morgan fingerprint density at radius 1 is 0.966 bits per heavy atom. The Bertz CT molecular complexity index is 1130. The highest BCUT2D eigenvalue weighted by molar-refractivity contribution is 7.22. The summed E-state index contributed by atoms with van der Waals surface area (Å²) in [5.41, 5.74) is 2.07. The van der Waals surface area contributed by atoms with E-state index in [1.165, 1.54) is 0 Å². The molecule has 29 heavy (non-hydrogen) atoms. The number of methoxy groups -OCH3 is 1. The topological polar surface area (TPSA) is 55.8 Å². The van der Waals surface area contributed by atoms with Crippen molar-refractivity contribution in [3.63, 3.8) is 0 Å². The molecule has 1 N–H and O–H groups in total. The van der Waals surface area contributed by atoms with Crippen molar-refractivity contribution in [3.05, 3.63) is 78.4 Å². The van der Waals surface area contributed by atoms with Crippen LogP contribution >= 0.6 is 11.3 Å². The lowest BCUT2D eigenvalue weighted by atomic mass is 10.1. The fourth-order valence-electron chi connectivity index (χ4n) is 3.15. The Labute approximate surface area is 173 Å². The number of hydrogen-bond donors (Lipinski definition) is 1. The van der Waals surface area contributed by atoms with Crippen LogP contribution in [0.4, 0.5) is 0 Å². The van der Waals surface area contributed by atoms with Crippen molar-refractivity contribution < 1.29 is 19.4 Å². The molecule has 0 saturated carbocycles. The largest absolute Gasteiger partial charge is 0.497 e. The number of aryl methyl sites for hydroxylation is 1. The lowest BCUT2D eigenvalue weighted by Gasteiger charge is -2.09. The molecule has 0 atom stereocenters. The van der Waals surface area contributed by atoms with Crippen molar-refractivity contribution in [2.24, 2.45) is 0 Å². The number of thiophene rings is 1. The highest BCUT2D eigenvalue weighted by atomic mass is 32.1. The SMILES string of the molecule is COc1ccc2c(Oc3ccc(CCC(=O)O)cc3)c(-c3ccccc3)sc2c1. The predicted octanol–water partition coefficient (Wildman–Crippen LogP) is 6.39. The van der Waals surface area contributed by atoms with Crippen LogP contribution in [0, 0.1) is 0 Å². The van der Waals surface area contributed by atoms with Gasteiger partial charge in [-0.05, 0) is 47.9 Å². The standard InChI is InChI=1S/C24H20O4S/c1-27-19-12-13-20-21(15-19)29-24(17-5-3-2-4-6-17)23(20)28-18-10-7-16(8-11-18)9-14-22(25)26/h2-8,10-13,15H,9,14H2,1H3,(H,25,26). The van der Waals surface area contributed by atoms with Crippen LogP contribution in [-0.4, -0.2) is 18.2 Å². The number of carboxylic acid groups (broad SMARTS) is 1. The monoisotopic (exact) mass is 404 g/mol. The third-order valence-corrected chi connectivity index (χ3v) is 5.84. The number of ether oxygens (including phenoxy) is 2. The second-order valence-electron chi connectivity index (χ2n) is 6.63. The average molecular weight is 404 g/mol. The number of hydrogen-bond acceptors (Lipinski definition) is 4. The van der Waals surface area contributed by atoms with Crippen LogP contribution in [0.2, 0.25) is 0 Å². The quantitative estimate of drug-likeness (QED) is 0.388. The second kappa shape index (κ2) is 8.37. The molecule has 146 valence electrons. The molecule has 3 aromatic carbocycles. The molecule has 4 rings (SSSR count). The molecule has 0 bridgehead atoms. The van der Waals surface area contributed by atoms with Crippen LogP contribution in [0.15, 0.2) is 72.8 Å². The van der Waals surface area contributed by atoms with Gasteiger partial charge >= 0.3 is 5.97 Å². The lowest BCUT2D eigenvalue weighted by molar-refractivity contribution is -0.136. The molecule has 1 aromatic heterocycles. The Morgan fingerprint density at radius 2 is 1.69 bits per heavy atom. The molecule has 0 unspecified atom stereocenters. The van der Waals surface area contributed by atoms with Gasteiger partial charge in [-0.2, -0.15) is 0 Å². The number of fused-ring (bicyclic) bond motifs is 1. The molecule has 0 fully saturated rings. The molecule has 4 aromatic rings. The Balaban J connectivity index is 1.71. The van der Waals surface area contributed by atoms with E-state index in [-0.39, 0.29) is 6.42 Å². The van der Waals surface area contributed by atoms with Crippen LogP contribution in [-0.2, 0) is 11.2 Å². The summed E-state index contributed by atoms with van der Waals surface area (Å²) in [5, 5.41) is 9.88. The van der Waals surface area contributed by atoms with Gasteiger partial charge in [0.2, 0.25) is 0 Å². The molecule has 1 heterocycles. The maximum atomic E-state index is 10.8. The molecule has 0 aliphatic heterocycles. The van der Waals surface area contributed by atoms with E-state index in [2.05, 4.69) is 12.1 Å². The van der Waals surface area contributed by atoms with E-state index < -0.39 is 5.97 Å². The molecule has 0 aliphatic carbocycles. The number of aliphatic carboxylic acids is 1. The third kappa shape index (κ3) is 4.25. The van der Waals surface area contributed by atoms with Crippen molar-refractivity contribution in [1.82, 2.24) is 0 Å². The normalized spacial score (nSPS) is 10.8. The van der Waals surface area contributed by atoms with E-state index in [0.29, 0.717) is 6.42 Å². The Morgan fingerprint density at radius 3 is 2.38 bits per heavy atom. The van der Waals surface area contributed by atoms with E-state index in [4.69, 9.17) is 14.6 Å². The summed E-state index contributed by atoms with van der Waals surface area (Å²) in [4.78, 5) is 11.8. The lowest BCUT2D eigenvalue weighted by Crippen LogP contribution is -1.97. The van der Waals surface area contributed by atoms with Gasteiger partial charge in [0, 0.05) is 16.5 Å². The van der Waals surface area contributed by atoms with Gasteiger partial charge in [0.15, 0.2) is 5.75 Å². The maximum absolute atomic E-state index is 10.8. The smallest absolute Gasteiger partial charge is 0.303 e. The van der Waals surface area contributed by atoms with Crippen LogP contribution < -0.4 is 9.47 Å². The second-order valence-corrected chi connectivity index (χ2v) is 7.68.